The molecule has 0 heterocycles. The van der Waals surface area contributed by atoms with E-state index in [9.17, 15) is 0 Å². The molecule has 0 nitrogen and oxygen atoms in total. The summed E-state index contributed by atoms with van der Waals surface area (Å²) in [6.45, 7) is 2.15. The molecule has 0 aliphatic rings. The number of allylic oxidation sites excluding steroid dienone is 3. The van der Waals surface area contributed by atoms with Gasteiger partial charge in [0.25, 0.3) is 0 Å². The third kappa shape index (κ3) is 4.32. The number of hydrogen-bond acceptors (Lipinski definition) is 0. The predicted molar refractivity (Wildman–Crippen MR) is 59.5 cm³/mol. The second-order valence-electron chi connectivity index (χ2n) is 2.93. The molecule has 1 aromatic rings. The molecule has 0 aromatic heterocycles. The fraction of sp³-hybridized carbons (Fsp3) is 0.231. The summed E-state index contributed by atoms with van der Waals surface area (Å²) in [6.07, 6.45) is 10.9. The van der Waals surface area contributed by atoms with E-state index < -0.39 is 0 Å². The second-order valence-corrected chi connectivity index (χ2v) is 2.93. The van der Waals surface area contributed by atoms with Crippen LogP contribution in [-0.4, -0.2) is 0 Å². The zero-order chi connectivity index (χ0) is 9.36. The molecule has 0 saturated heterocycles. The lowest BCUT2D eigenvalue weighted by molar-refractivity contribution is 1.20. The lowest BCUT2D eigenvalue weighted by Crippen LogP contribution is -1.67. The smallest absolute Gasteiger partial charge is 0.0166 e. The molecule has 1 aromatic carbocycles. The van der Waals surface area contributed by atoms with Gasteiger partial charge < -0.3 is 0 Å². The third-order valence-corrected chi connectivity index (χ3v) is 1.78. The molecule has 0 spiro atoms. The molecule has 0 unspecified atom stereocenters. The molecule has 0 aliphatic carbocycles. The summed E-state index contributed by atoms with van der Waals surface area (Å²) in [5.41, 5.74) is 1.27. The van der Waals surface area contributed by atoms with Crippen molar-refractivity contribution < 1.29 is 0 Å². The van der Waals surface area contributed by atoms with Crippen LogP contribution in [0, 0.1) is 0 Å². The Bertz CT molecular complexity index is 267. The quantitative estimate of drug-likeness (QED) is 0.601. The molecule has 68 valence electrons. The second kappa shape index (κ2) is 6.24. The summed E-state index contributed by atoms with van der Waals surface area (Å²) in [5, 5.41) is 0. The Kier molecular flexibility index (Phi) is 4.70. The highest BCUT2D eigenvalue weighted by Crippen LogP contribution is 2.01. The van der Waals surface area contributed by atoms with E-state index in [1.165, 1.54) is 5.56 Å². The van der Waals surface area contributed by atoms with E-state index in [-0.39, 0.29) is 0 Å². The number of rotatable bonds is 4. The molecule has 0 aliphatic heterocycles. The lowest BCUT2D eigenvalue weighted by atomic mass is 10.2. The summed E-state index contributed by atoms with van der Waals surface area (Å²) < 4.78 is 0. The Morgan fingerprint density at radius 1 is 1.00 bits per heavy atom. The first-order valence-electron chi connectivity index (χ1n) is 4.80. The van der Waals surface area contributed by atoms with Gasteiger partial charge >= 0.3 is 0 Å². The van der Waals surface area contributed by atoms with Crippen molar-refractivity contribution in [2.75, 3.05) is 0 Å². The Morgan fingerprint density at radius 2 is 1.77 bits per heavy atom. The summed E-state index contributed by atoms with van der Waals surface area (Å²) in [6, 6.07) is 10.4. The normalized spacial score (nSPS) is 11.5. The molecule has 0 bridgehead atoms. The Morgan fingerprint density at radius 3 is 2.46 bits per heavy atom. The maximum absolute atomic E-state index is 2.19. The highest BCUT2D eigenvalue weighted by atomic mass is 13.9. The fourth-order valence-corrected chi connectivity index (χ4v) is 1.11. The molecule has 0 saturated carbocycles. The minimum absolute atomic E-state index is 1.03. The zero-order valence-electron chi connectivity index (χ0n) is 8.11. The minimum atomic E-state index is 1.03. The predicted octanol–water partition coefficient (Wildman–Crippen LogP) is 4.06. The van der Waals surface area contributed by atoms with Crippen molar-refractivity contribution >= 4 is 6.08 Å². The maximum Gasteiger partial charge on any atom is -0.0166 e. The van der Waals surface area contributed by atoms with Gasteiger partial charge in [-0.2, -0.15) is 0 Å². The topological polar surface area (TPSA) is 0 Å². The van der Waals surface area contributed by atoms with Crippen molar-refractivity contribution in [3.63, 3.8) is 0 Å². The first-order valence-corrected chi connectivity index (χ1v) is 4.80. The van der Waals surface area contributed by atoms with E-state index >= 15 is 0 Å². The van der Waals surface area contributed by atoms with Crippen molar-refractivity contribution in [3.8, 4) is 0 Å². The van der Waals surface area contributed by atoms with Crippen LogP contribution in [-0.2, 0) is 0 Å². The lowest BCUT2D eigenvalue weighted by Gasteiger charge is -1.89. The van der Waals surface area contributed by atoms with E-state index in [4.69, 9.17) is 0 Å². The third-order valence-electron chi connectivity index (χ3n) is 1.78. The van der Waals surface area contributed by atoms with Crippen LogP contribution in [0.3, 0.4) is 0 Å². The monoisotopic (exact) mass is 172 g/mol. The minimum Gasteiger partial charge on any atom is -0.0885 e. The van der Waals surface area contributed by atoms with Crippen LogP contribution < -0.4 is 0 Å². The van der Waals surface area contributed by atoms with E-state index in [0.717, 1.165) is 12.8 Å². The number of benzene rings is 1. The first kappa shape index (κ1) is 9.79. The van der Waals surface area contributed by atoms with Gasteiger partial charge in [0.2, 0.25) is 0 Å². The SMILES string of the molecule is CC/C=C\C/C=C/c1ccccc1. The van der Waals surface area contributed by atoms with Crippen molar-refractivity contribution in [2.45, 2.75) is 19.8 Å². The van der Waals surface area contributed by atoms with E-state index in [1.54, 1.807) is 0 Å². The standard InChI is InChI=1S/C13H16/c1-2-3-4-5-7-10-13-11-8-6-9-12-13/h3-4,6-12H,2,5H2,1H3/b4-3-,10-7+. The average molecular weight is 172 g/mol. The van der Waals surface area contributed by atoms with Crippen LogP contribution in [0.25, 0.3) is 6.08 Å². The van der Waals surface area contributed by atoms with Crippen LogP contribution in [0.4, 0.5) is 0 Å². The first-order chi connectivity index (χ1) is 6.43. The molecular formula is C13H16. The maximum atomic E-state index is 2.19. The van der Waals surface area contributed by atoms with Crippen LogP contribution in [0.15, 0.2) is 48.6 Å². The van der Waals surface area contributed by atoms with Crippen LogP contribution in [0.2, 0.25) is 0 Å². The van der Waals surface area contributed by atoms with Crippen molar-refractivity contribution in [2.24, 2.45) is 0 Å². The Labute approximate surface area is 80.6 Å². The molecule has 0 amide bonds. The fourth-order valence-electron chi connectivity index (χ4n) is 1.11. The van der Waals surface area contributed by atoms with Gasteiger partial charge in [-0.25, -0.2) is 0 Å². The summed E-state index contributed by atoms with van der Waals surface area (Å²) in [5.74, 6) is 0. The highest BCUT2D eigenvalue weighted by Gasteiger charge is 1.80. The van der Waals surface area contributed by atoms with Gasteiger partial charge in [0.15, 0.2) is 0 Å². The molecule has 1 rings (SSSR count). The van der Waals surface area contributed by atoms with Gasteiger partial charge in [0, 0.05) is 0 Å². The summed E-state index contributed by atoms with van der Waals surface area (Å²) >= 11 is 0. The van der Waals surface area contributed by atoms with E-state index in [0.29, 0.717) is 0 Å². The van der Waals surface area contributed by atoms with Gasteiger partial charge in [0.05, 0.1) is 0 Å². The average Bonchev–Trinajstić information content (AvgIpc) is 2.19. The van der Waals surface area contributed by atoms with Crippen molar-refractivity contribution in [1.82, 2.24) is 0 Å². The molecule has 0 fully saturated rings. The molecule has 13 heavy (non-hydrogen) atoms. The van der Waals surface area contributed by atoms with Gasteiger partial charge in [-0.05, 0) is 18.4 Å². The largest absolute Gasteiger partial charge is 0.0885 e. The van der Waals surface area contributed by atoms with Crippen LogP contribution in [0.5, 0.6) is 0 Å². The van der Waals surface area contributed by atoms with Crippen LogP contribution in [0.1, 0.15) is 25.3 Å². The Balaban J connectivity index is 2.37. The van der Waals surface area contributed by atoms with E-state index in [1.807, 2.05) is 6.07 Å². The van der Waals surface area contributed by atoms with Gasteiger partial charge in [-0.3, -0.25) is 0 Å². The highest BCUT2D eigenvalue weighted by molar-refractivity contribution is 5.48. The molecular weight excluding hydrogens is 156 g/mol. The van der Waals surface area contributed by atoms with Crippen LogP contribution >= 0.6 is 0 Å². The summed E-state index contributed by atoms with van der Waals surface area (Å²) in [7, 11) is 0. The molecule has 0 radical (unpaired) electrons. The van der Waals surface area contributed by atoms with Crippen molar-refractivity contribution in [1.29, 1.82) is 0 Å². The van der Waals surface area contributed by atoms with Gasteiger partial charge in [-0.15, -0.1) is 0 Å². The number of hydrogen-bond donors (Lipinski definition) is 0. The van der Waals surface area contributed by atoms with Gasteiger partial charge in [0.1, 0.15) is 0 Å². The molecule has 0 heteroatoms. The van der Waals surface area contributed by atoms with Gasteiger partial charge in [-0.1, -0.05) is 61.6 Å². The summed E-state index contributed by atoms with van der Waals surface area (Å²) in [4.78, 5) is 0. The van der Waals surface area contributed by atoms with Crippen molar-refractivity contribution in [3.05, 3.63) is 54.1 Å². The molecule has 0 atom stereocenters. The molecule has 0 N–H and O–H groups in total. The van der Waals surface area contributed by atoms with E-state index in [2.05, 4.69) is 55.5 Å². The Hall–Kier alpha value is -1.30. The zero-order valence-corrected chi connectivity index (χ0v) is 8.11.